The van der Waals surface area contributed by atoms with Crippen molar-refractivity contribution in [3.05, 3.63) is 17.0 Å². The molecule has 1 aliphatic heterocycles. The predicted octanol–water partition coefficient (Wildman–Crippen LogP) is 0.359. The summed E-state index contributed by atoms with van der Waals surface area (Å²) in [5.41, 5.74) is 0. The molecule has 1 aliphatic rings. The lowest BCUT2D eigenvalue weighted by atomic mass is 10.3. The maximum atomic E-state index is 12.3. The molecular weight excluding hydrogens is 292 g/mol. The van der Waals surface area contributed by atoms with Gasteiger partial charge in [-0.05, 0) is 12.1 Å². The quantitative estimate of drug-likeness (QED) is 0.863. The molecule has 9 heteroatoms. The maximum Gasteiger partial charge on any atom is 0.345 e. The van der Waals surface area contributed by atoms with Crippen LogP contribution < -0.4 is 0 Å². The van der Waals surface area contributed by atoms with Crippen molar-refractivity contribution in [3.63, 3.8) is 0 Å². The number of rotatable bonds is 3. The zero-order chi connectivity index (χ0) is 14.0. The van der Waals surface area contributed by atoms with E-state index in [0.717, 1.165) is 4.31 Å². The number of aromatic carboxylic acids is 1. The molecular formula is C10H10N2O5S2. The average Bonchev–Trinajstić information content (AvgIpc) is 2.89. The van der Waals surface area contributed by atoms with E-state index in [4.69, 9.17) is 15.1 Å². The summed E-state index contributed by atoms with van der Waals surface area (Å²) in [5, 5.41) is 17.5. The molecule has 0 bridgehead atoms. The second-order valence-electron chi connectivity index (χ2n) is 3.78. The van der Waals surface area contributed by atoms with Gasteiger partial charge < -0.3 is 9.84 Å². The van der Waals surface area contributed by atoms with Crippen molar-refractivity contribution in [2.75, 3.05) is 19.7 Å². The van der Waals surface area contributed by atoms with Gasteiger partial charge in [-0.15, -0.1) is 11.3 Å². The highest BCUT2D eigenvalue weighted by Crippen LogP contribution is 2.26. The fourth-order valence-electron chi connectivity index (χ4n) is 1.62. The molecule has 1 saturated heterocycles. The highest BCUT2D eigenvalue weighted by atomic mass is 32.2. The van der Waals surface area contributed by atoms with E-state index >= 15 is 0 Å². The minimum absolute atomic E-state index is 0.0383. The van der Waals surface area contributed by atoms with Crippen LogP contribution in [0.3, 0.4) is 0 Å². The van der Waals surface area contributed by atoms with E-state index < -0.39 is 22.1 Å². The van der Waals surface area contributed by atoms with Gasteiger partial charge in [-0.25, -0.2) is 13.2 Å². The number of sulfonamides is 1. The third-order valence-electron chi connectivity index (χ3n) is 2.56. The summed E-state index contributed by atoms with van der Waals surface area (Å²) in [7, 11) is -3.76. The molecule has 0 aliphatic carbocycles. The van der Waals surface area contributed by atoms with Crippen LogP contribution in [-0.2, 0) is 14.8 Å². The van der Waals surface area contributed by atoms with Gasteiger partial charge in [0, 0.05) is 6.54 Å². The van der Waals surface area contributed by atoms with Crippen LogP contribution in [-0.4, -0.2) is 49.6 Å². The van der Waals surface area contributed by atoms with E-state index in [9.17, 15) is 13.2 Å². The normalized spacial score (nSPS) is 20.9. The fraction of sp³-hybridized carbons (Fsp3) is 0.400. The third kappa shape index (κ3) is 2.76. The van der Waals surface area contributed by atoms with Crippen LogP contribution in [0.1, 0.15) is 9.67 Å². The molecule has 0 radical (unpaired) electrons. The number of carbonyl (C=O) groups is 1. The van der Waals surface area contributed by atoms with Crippen LogP contribution in [0, 0.1) is 11.3 Å². The summed E-state index contributed by atoms with van der Waals surface area (Å²) in [6.45, 7) is 0.259. The van der Waals surface area contributed by atoms with Crippen molar-refractivity contribution < 1.29 is 23.1 Å². The number of nitriles is 1. The second-order valence-corrected chi connectivity index (χ2v) is 7.02. The van der Waals surface area contributed by atoms with Gasteiger partial charge in [-0.3, -0.25) is 0 Å². The number of hydrogen-bond acceptors (Lipinski definition) is 6. The smallest absolute Gasteiger partial charge is 0.345 e. The van der Waals surface area contributed by atoms with Crippen LogP contribution >= 0.6 is 11.3 Å². The van der Waals surface area contributed by atoms with Gasteiger partial charge in [0.1, 0.15) is 9.09 Å². The largest absolute Gasteiger partial charge is 0.477 e. The topological polar surface area (TPSA) is 108 Å². The van der Waals surface area contributed by atoms with Gasteiger partial charge in [0.2, 0.25) is 0 Å². The first-order valence-electron chi connectivity index (χ1n) is 5.29. The Morgan fingerprint density at radius 3 is 2.89 bits per heavy atom. The van der Waals surface area contributed by atoms with Crippen LogP contribution in [0.25, 0.3) is 0 Å². The lowest BCUT2D eigenvalue weighted by Crippen LogP contribution is -2.44. The van der Waals surface area contributed by atoms with Crippen molar-refractivity contribution in [2.45, 2.75) is 10.3 Å². The van der Waals surface area contributed by atoms with E-state index in [-0.39, 0.29) is 28.8 Å². The summed E-state index contributed by atoms with van der Waals surface area (Å²) in [6, 6.07) is 4.38. The SMILES string of the molecule is N#CC1CN(S(=O)(=O)c2ccc(C(=O)O)s2)CCO1. The standard InChI is InChI=1S/C10H10N2O5S2/c11-5-7-6-12(3-4-17-7)19(15,16)9-2-1-8(18-9)10(13)14/h1-2,7H,3-4,6H2,(H,13,14). The Bertz CT molecular complexity index is 631. The van der Waals surface area contributed by atoms with Crippen molar-refractivity contribution in [2.24, 2.45) is 0 Å². The Morgan fingerprint density at radius 2 is 2.32 bits per heavy atom. The Kier molecular flexibility index (Phi) is 3.86. The first kappa shape index (κ1) is 14.0. The highest BCUT2D eigenvalue weighted by molar-refractivity contribution is 7.91. The number of nitrogens with zero attached hydrogens (tertiary/aromatic N) is 2. The summed E-state index contributed by atoms with van der Waals surface area (Å²) in [4.78, 5) is 10.7. The van der Waals surface area contributed by atoms with Gasteiger partial charge in [0.15, 0.2) is 6.10 Å². The van der Waals surface area contributed by atoms with Crippen LogP contribution in [0.5, 0.6) is 0 Å². The molecule has 1 atom stereocenters. The molecule has 19 heavy (non-hydrogen) atoms. The summed E-state index contributed by atoms with van der Waals surface area (Å²) >= 11 is 0.698. The molecule has 2 rings (SSSR count). The third-order valence-corrected chi connectivity index (χ3v) is 5.97. The van der Waals surface area contributed by atoms with Gasteiger partial charge >= 0.3 is 5.97 Å². The molecule has 7 nitrogen and oxygen atoms in total. The predicted molar refractivity (Wildman–Crippen MR) is 65.4 cm³/mol. The molecule has 102 valence electrons. The van der Waals surface area contributed by atoms with Crippen LogP contribution in [0.4, 0.5) is 0 Å². The Balaban J connectivity index is 2.26. The Labute approximate surface area is 113 Å². The van der Waals surface area contributed by atoms with Crippen molar-refractivity contribution in [1.82, 2.24) is 4.31 Å². The molecule has 1 fully saturated rings. The Morgan fingerprint density at radius 1 is 1.58 bits per heavy atom. The second kappa shape index (κ2) is 5.26. The Hall–Kier alpha value is -1.47. The molecule has 1 aromatic rings. The molecule has 2 heterocycles. The first-order chi connectivity index (χ1) is 8.95. The minimum Gasteiger partial charge on any atom is -0.477 e. The summed E-state index contributed by atoms with van der Waals surface area (Å²) in [5.74, 6) is -1.16. The monoisotopic (exact) mass is 302 g/mol. The zero-order valence-corrected chi connectivity index (χ0v) is 11.3. The van der Waals surface area contributed by atoms with Gasteiger partial charge in [0.05, 0.1) is 19.2 Å². The number of carboxylic acid groups (broad SMARTS) is 1. The van der Waals surface area contributed by atoms with Gasteiger partial charge in [0.25, 0.3) is 10.0 Å². The molecule has 1 aromatic heterocycles. The van der Waals surface area contributed by atoms with E-state index in [1.165, 1.54) is 12.1 Å². The lowest BCUT2D eigenvalue weighted by Gasteiger charge is -2.28. The molecule has 1 unspecified atom stereocenters. The fourth-order valence-corrected chi connectivity index (χ4v) is 4.35. The van der Waals surface area contributed by atoms with E-state index in [1.807, 2.05) is 6.07 Å². The van der Waals surface area contributed by atoms with Crippen molar-refractivity contribution >= 4 is 27.3 Å². The van der Waals surface area contributed by atoms with E-state index in [1.54, 1.807) is 0 Å². The average molecular weight is 302 g/mol. The number of thiophene rings is 1. The van der Waals surface area contributed by atoms with Crippen LogP contribution in [0.2, 0.25) is 0 Å². The van der Waals surface area contributed by atoms with E-state index in [0.29, 0.717) is 11.3 Å². The molecule has 1 N–H and O–H groups in total. The minimum atomic E-state index is -3.76. The number of morpholine rings is 1. The molecule has 0 spiro atoms. The highest BCUT2D eigenvalue weighted by Gasteiger charge is 2.32. The van der Waals surface area contributed by atoms with Gasteiger partial charge in [-0.2, -0.15) is 9.57 Å². The molecule has 0 saturated carbocycles. The van der Waals surface area contributed by atoms with Crippen molar-refractivity contribution in [1.29, 1.82) is 5.26 Å². The van der Waals surface area contributed by atoms with Gasteiger partial charge in [-0.1, -0.05) is 0 Å². The van der Waals surface area contributed by atoms with Crippen LogP contribution in [0.15, 0.2) is 16.3 Å². The number of carboxylic acids is 1. The zero-order valence-electron chi connectivity index (χ0n) is 9.64. The molecule has 0 amide bonds. The number of hydrogen-bond donors (Lipinski definition) is 1. The first-order valence-corrected chi connectivity index (χ1v) is 7.55. The maximum absolute atomic E-state index is 12.3. The summed E-state index contributed by atoms with van der Waals surface area (Å²) < 4.78 is 30.7. The lowest BCUT2D eigenvalue weighted by molar-refractivity contribution is 0.0312. The summed E-state index contributed by atoms with van der Waals surface area (Å²) in [6.07, 6.45) is -0.789. The number of ether oxygens (including phenoxy) is 1. The van der Waals surface area contributed by atoms with E-state index in [2.05, 4.69) is 0 Å². The van der Waals surface area contributed by atoms with Crippen molar-refractivity contribution in [3.8, 4) is 6.07 Å². The molecule has 0 aromatic carbocycles.